The van der Waals surface area contributed by atoms with Crippen molar-refractivity contribution in [2.24, 2.45) is 0 Å². The summed E-state index contributed by atoms with van der Waals surface area (Å²) >= 11 is 5.98. The SMILES string of the molecule is N#Cc1ccc(NC(=O)C[NH+]2CCN(S(=O)(=O)/C=C/c3ccccc3)CC2)cc1Cl. The normalized spacial score (nSPS) is 15.7. The van der Waals surface area contributed by atoms with Crippen LogP contribution in [0.1, 0.15) is 11.1 Å². The lowest BCUT2D eigenvalue weighted by atomic mass is 10.2. The number of sulfonamides is 1. The van der Waals surface area contributed by atoms with Crippen molar-refractivity contribution in [3.8, 4) is 6.07 Å². The molecule has 1 amide bonds. The number of piperazine rings is 1. The Labute approximate surface area is 181 Å². The first-order valence-corrected chi connectivity index (χ1v) is 11.3. The molecule has 1 heterocycles. The van der Waals surface area contributed by atoms with Crippen LogP contribution >= 0.6 is 11.6 Å². The van der Waals surface area contributed by atoms with Gasteiger partial charge in [-0.25, -0.2) is 8.42 Å². The lowest BCUT2D eigenvalue weighted by molar-refractivity contribution is -0.895. The molecule has 0 unspecified atom stereocenters. The smallest absolute Gasteiger partial charge is 0.279 e. The van der Waals surface area contributed by atoms with Crippen LogP contribution in [0.5, 0.6) is 0 Å². The van der Waals surface area contributed by atoms with Crippen LogP contribution in [-0.2, 0) is 14.8 Å². The first kappa shape index (κ1) is 22.0. The van der Waals surface area contributed by atoms with Gasteiger partial charge in [-0.3, -0.25) is 4.79 Å². The molecule has 1 fully saturated rings. The fourth-order valence-corrected chi connectivity index (χ4v) is 4.58. The van der Waals surface area contributed by atoms with Crippen LogP contribution in [-0.4, -0.2) is 51.4 Å². The topological polar surface area (TPSA) is 94.7 Å². The van der Waals surface area contributed by atoms with Gasteiger partial charge in [0.2, 0.25) is 10.0 Å². The molecule has 2 aromatic carbocycles. The predicted molar refractivity (Wildman–Crippen MR) is 116 cm³/mol. The molecule has 2 N–H and O–H groups in total. The maximum Gasteiger partial charge on any atom is 0.279 e. The summed E-state index contributed by atoms with van der Waals surface area (Å²) in [6, 6.07) is 15.9. The first-order chi connectivity index (χ1) is 14.4. The Bertz CT molecular complexity index is 1070. The summed E-state index contributed by atoms with van der Waals surface area (Å²) in [5, 5.41) is 13.2. The molecule has 0 aromatic heterocycles. The molecule has 0 atom stereocenters. The van der Waals surface area contributed by atoms with E-state index in [1.54, 1.807) is 18.2 Å². The summed E-state index contributed by atoms with van der Waals surface area (Å²) in [5.74, 6) is -0.189. The van der Waals surface area contributed by atoms with Crippen LogP contribution < -0.4 is 10.2 Å². The number of nitrogens with one attached hydrogen (secondary N) is 2. The molecule has 9 heteroatoms. The number of benzene rings is 2. The van der Waals surface area contributed by atoms with Gasteiger partial charge >= 0.3 is 0 Å². The molecule has 1 saturated heterocycles. The Morgan fingerprint density at radius 1 is 1.20 bits per heavy atom. The van der Waals surface area contributed by atoms with E-state index in [2.05, 4.69) is 5.32 Å². The molecule has 0 saturated carbocycles. The highest BCUT2D eigenvalue weighted by molar-refractivity contribution is 7.92. The van der Waals surface area contributed by atoms with Crippen molar-refractivity contribution in [3.05, 3.63) is 70.1 Å². The number of quaternary nitrogens is 1. The molecule has 156 valence electrons. The van der Waals surface area contributed by atoms with Crippen LogP contribution in [0.3, 0.4) is 0 Å². The lowest BCUT2D eigenvalue weighted by Crippen LogP contribution is -3.15. The molecular weight excluding hydrogens is 424 g/mol. The van der Waals surface area contributed by atoms with Crippen LogP contribution in [0.25, 0.3) is 6.08 Å². The number of carbonyl (C=O) groups is 1. The fraction of sp³-hybridized carbons (Fsp3) is 0.238. The largest absolute Gasteiger partial charge is 0.325 e. The van der Waals surface area contributed by atoms with E-state index in [0.717, 1.165) is 10.5 Å². The van der Waals surface area contributed by atoms with Crippen LogP contribution in [0.4, 0.5) is 5.69 Å². The number of halogens is 1. The van der Waals surface area contributed by atoms with E-state index in [0.29, 0.717) is 37.4 Å². The minimum Gasteiger partial charge on any atom is -0.325 e. The molecule has 0 aliphatic carbocycles. The Morgan fingerprint density at radius 3 is 2.53 bits per heavy atom. The van der Waals surface area contributed by atoms with E-state index in [-0.39, 0.29) is 17.5 Å². The molecule has 2 aromatic rings. The minimum absolute atomic E-state index is 0.189. The summed E-state index contributed by atoms with van der Waals surface area (Å²) in [5.41, 5.74) is 1.69. The number of rotatable bonds is 6. The van der Waals surface area contributed by atoms with Gasteiger partial charge in [-0.15, -0.1) is 0 Å². The number of anilines is 1. The molecular formula is C21H22ClN4O3S+. The molecule has 30 heavy (non-hydrogen) atoms. The van der Waals surface area contributed by atoms with Gasteiger partial charge in [0.15, 0.2) is 6.54 Å². The first-order valence-electron chi connectivity index (χ1n) is 9.44. The molecule has 1 aliphatic rings. The zero-order valence-electron chi connectivity index (χ0n) is 16.2. The van der Waals surface area contributed by atoms with Gasteiger partial charge in [0.1, 0.15) is 6.07 Å². The Kier molecular flexibility index (Phi) is 7.24. The van der Waals surface area contributed by atoms with Crippen molar-refractivity contribution < 1.29 is 18.1 Å². The average Bonchev–Trinajstić information content (AvgIpc) is 2.73. The summed E-state index contributed by atoms with van der Waals surface area (Å²) in [6.45, 7) is 2.02. The summed E-state index contributed by atoms with van der Waals surface area (Å²) in [4.78, 5) is 13.3. The van der Waals surface area contributed by atoms with Crippen molar-refractivity contribution in [1.82, 2.24) is 4.31 Å². The van der Waals surface area contributed by atoms with Gasteiger partial charge < -0.3 is 10.2 Å². The second-order valence-electron chi connectivity index (χ2n) is 6.94. The van der Waals surface area contributed by atoms with E-state index in [4.69, 9.17) is 16.9 Å². The molecule has 0 spiro atoms. The second-order valence-corrected chi connectivity index (χ2v) is 9.16. The molecule has 7 nitrogen and oxygen atoms in total. The highest BCUT2D eigenvalue weighted by atomic mass is 35.5. The van der Waals surface area contributed by atoms with Gasteiger partial charge in [-0.1, -0.05) is 41.9 Å². The predicted octanol–water partition coefficient (Wildman–Crippen LogP) is 1.35. The highest BCUT2D eigenvalue weighted by Gasteiger charge is 2.28. The van der Waals surface area contributed by atoms with E-state index in [1.165, 1.54) is 15.8 Å². The summed E-state index contributed by atoms with van der Waals surface area (Å²) < 4.78 is 26.5. The molecule has 3 rings (SSSR count). The van der Waals surface area contributed by atoms with Gasteiger partial charge in [-0.05, 0) is 29.8 Å². The number of hydrogen-bond acceptors (Lipinski definition) is 4. The molecule has 0 radical (unpaired) electrons. The van der Waals surface area contributed by atoms with Gasteiger partial charge in [-0.2, -0.15) is 9.57 Å². The van der Waals surface area contributed by atoms with Crippen LogP contribution in [0, 0.1) is 11.3 Å². The standard InChI is InChI=1S/C21H21ClN4O3S/c22-20-14-19(7-6-18(20)15-23)24-21(27)16-25-9-11-26(12-10-25)30(28,29)13-8-17-4-2-1-3-5-17/h1-8,13-14H,9-12,16H2,(H,24,27)/p+1/b13-8+. The Balaban J connectivity index is 1.50. The van der Waals surface area contributed by atoms with Crippen molar-refractivity contribution in [3.63, 3.8) is 0 Å². The quantitative estimate of drug-likeness (QED) is 0.701. The van der Waals surface area contributed by atoms with Gasteiger partial charge in [0.05, 0.1) is 36.8 Å². The number of nitrogens with zero attached hydrogens (tertiary/aromatic N) is 2. The van der Waals surface area contributed by atoms with Gasteiger partial charge in [0, 0.05) is 11.1 Å². The number of hydrogen-bond donors (Lipinski definition) is 2. The zero-order valence-corrected chi connectivity index (χ0v) is 17.8. The lowest BCUT2D eigenvalue weighted by Gasteiger charge is -2.30. The zero-order chi connectivity index (χ0) is 21.6. The number of nitriles is 1. The Morgan fingerprint density at radius 2 is 1.90 bits per heavy atom. The third-order valence-electron chi connectivity index (χ3n) is 4.81. The minimum atomic E-state index is -3.50. The Hall–Kier alpha value is -2.70. The highest BCUT2D eigenvalue weighted by Crippen LogP contribution is 2.20. The second kappa shape index (κ2) is 9.87. The van der Waals surface area contributed by atoms with E-state index >= 15 is 0 Å². The van der Waals surface area contributed by atoms with Crippen molar-refractivity contribution >= 4 is 39.3 Å². The third kappa shape index (κ3) is 5.90. The number of amides is 1. The molecule has 1 aliphatic heterocycles. The van der Waals surface area contributed by atoms with Crippen molar-refractivity contribution in [1.29, 1.82) is 5.26 Å². The van der Waals surface area contributed by atoms with Crippen LogP contribution in [0.15, 0.2) is 53.9 Å². The van der Waals surface area contributed by atoms with Crippen molar-refractivity contribution in [2.75, 3.05) is 38.0 Å². The van der Waals surface area contributed by atoms with Crippen molar-refractivity contribution in [2.45, 2.75) is 0 Å². The number of carbonyl (C=O) groups excluding carboxylic acids is 1. The van der Waals surface area contributed by atoms with Crippen LogP contribution in [0.2, 0.25) is 5.02 Å². The summed E-state index contributed by atoms with van der Waals surface area (Å²) in [7, 11) is -3.50. The van der Waals surface area contributed by atoms with E-state index < -0.39 is 10.0 Å². The third-order valence-corrected chi connectivity index (χ3v) is 6.68. The monoisotopic (exact) mass is 445 g/mol. The van der Waals surface area contributed by atoms with Gasteiger partial charge in [0.25, 0.3) is 5.91 Å². The maximum absolute atomic E-state index is 12.5. The average molecular weight is 446 g/mol. The summed E-state index contributed by atoms with van der Waals surface area (Å²) in [6.07, 6.45) is 1.59. The molecule has 0 bridgehead atoms. The van der Waals surface area contributed by atoms with E-state index in [9.17, 15) is 13.2 Å². The van der Waals surface area contributed by atoms with E-state index in [1.807, 2.05) is 36.4 Å². The fourth-order valence-electron chi connectivity index (χ4n) is 3.16. The maximum atomic E-state index is 12.5.